The topological polar surface area (TPSA) is 91.5 Å². The van der Waals surface area contributed by atoms with E-state index in [9.17, 15) is 0 Å². The van der Waals surface area contributed by atoms with Gasteiger partial charge in [0.1, 0.15) is 0 Å². The molecule has 0 spiro atoms. The van der Waals surface area contributed by atoms with Gasteiger partial charge in [0, 0.05) is 13.6 Å². The van der Waals surface area contributed by atoms with Gasteiger partial charge in [-0.05, 0) is 18.9 Å². The molecule has 18 heavy (non-hydrogen) atoms. The van der Waals surface area contributed by atoms with Gasteiger partial charge in [0.05, 0.1) is 0 Å². The van der Waals surface area contributed by atoms with Crippen molar-refractivity contribution < 1.29 is 0 Å². The zero-order valence-corrected chi connectivity index (χ0v) is 11.5. The van der Waals surface area contributed by atoms with Crippen LogP contribution in [0.15, 0.2) is 29.3 Å². The summed E-state index contributed by atoms with van der Waals surface area (Å²) in [6.07, 6.45) is 0.860. The largest absolute Gasteiger partial charge is 0.370 e. The lowest BCUT2D eigenvalue weighted by atomic mass is 10.1. The number of halogens is 1. The van der Waals surface area contributed by atoms with Crippen molar-refractivity contribution in [2.24, 2.45) is 16.5 Å². The number of nitrogens with zero attached hydrogens (tertiary/aromatic N) is 2. The third-order valence-corrected chi connectivity index (χ3v) is 2.45. The molecule has 0 aliphatic heterocycles. The van der Waals surface area contributed by atoms with Crippen molar-refractivity contribution in [2.75, 3.05) is 13.6 Å². The molecule has 1 rings (SSSR count). The summed E-state index contributed by atoms with van der Waals surface area (Å²) in [6, 6.07) is 8.34. The van der Waals surface area contributed by atoms with Gasteiger partial charge in [0.15, 0.2) is 5.96 Å². The Labute approximate surface area is 114 Å². The highest BCUT2D eigenvalue weighted by Crippen LogP contribution is 2.04. The molecule has 0 radical (unpaired) electrons. The summed E-state index contributed by atoms with van der Waals surface area (Å²) in [4.78, 5) is 5.39. The highest BCUT2D eigenvalue weighted by Gasteiger charge is 2.03. The molecule has 0 heterocycles. The van der Waals surface area contributed by atoms with Crippen molar-refractivity contribution in [1.29, 1.82) is 5.41 Å². The van der Waals surface area contributed by atoms with Crippen LogP contribution in [0.4, 0.5) is 0 Å². The van der Waals surface area contributed by atoms with Crippen molar-refractivity contribution in [3.05, 3.63) is 35.4 Å². The zero-order chi connectivity index (χ0) is 12.8. The van der Waals surface area contributed by atoms with E-state index in [2.05, 4.69) is 36.2 Å². The molecule has 1 aromatic carbocycles. The highest BCUT2D eigenvalue weighted by atomic mass is 35.5. The summed E-state index contributed by atoms with van der Waals surface area (Å²) in [7, 11) is 1.79. The molecule has 100 valence electrons. The van der Waals surface area contributed by atoms with Crippen molar-refractivity contribution >= 4 is 24.3 Å². The lowest BCUT2D eigenvalue weighted by molar-refractivity contribution is 0.499. The maximum absolute atomic E-state index is 7.60. The first-order chi connectivity index (χ1) is 7.99. The Bertz CT molecular complexity index is 409. The van der Waals surface area contributed by atoms with E-state index in [0.717, 1.165) is 6.42 Å². The Kier molecular flexibility index (Phi) is 6.82. The van der Waals surface area contributed by atoms with Crippen LogP contribution >= 0.6 is 12.4 Å². The third-order valence-electron chi connectivity index (χ3n) is 2.45. The minimum atomic E-state index is -0.0859. The molecule has 0 unspecified atom stereocenters. The van der Waals surface area contributed by atoms with E-state index in [1.807, 2.05) is 0 Å². The molecule has 0 saturated heterocycles. The van der Waals surface area contributed by atoms with E-state index < -0.39 is 0 Å². The van der Waals surface area contributed by atoms with Gasteiger partial charge in [0.2, 0.25) is 5.96 Å². The van der Waals surface area contributed by atoms with Gasteiger partial charge in [0.25, 0.3) is 0 Å². The molecular weight excluding hydrogens is 250 g/mol. The predicted octanol–water partition coefficient (Wildman–Crippen LogP) is 1.10. The molecule has 0 saturated carbocycles. The van der Waals surface area contributed by atoms with Crippen molar-refractivity contribution in [3.63, 3.8) is 0 Å². The summed E-state index contributed by atoms with van der Waals surface area (Å²) in [5, 5.41) is 7.60. The number of aryl methyl sites for hydroxylation is 1. The number of guanidine groups is 2. The molecule has 5 N–H and O–H groups in total. The fourth-order valence-electron chi connectivity index (χ4n) is 1.37. The van der Waals surface area contributed by atoms with Gasteiger partial charge in [-0.15, -0.1) is 12.4 Å². The first-order valence-corrected chi connectivity index (χ1v) is 5.44. The number of aliphatic imine (C=N–C) groups is 1. The maximum Gasteiger partial charge on any atom is 0.220 e. The standard InChI is InChI=1S/C12H19N5.ClH/c1-9-3-5-10(6-4-9)7-8-17(2)12(15)16-11(13)14;/h3-6H,7-8H2,1-2H3,(H5,13,14,15,16);1H. The number of hydrogen-bond donors (Lipinski definition) is 3. The van der Waals surface area contributed by atoms with Gasteiger partial charge in [-0.1, -0.05) is 29.8 Å². The van der Waals surface area contributed by atoms with E-state index in [4.69, 9.17) is 16.9 Å². The van der Waals surface area contributed by atoms with Crippen LogP contribution in [0.25, 0.3) is 0 Å². The molecule has 0 aliphatic carbocycles. The first kappa shape index (κ1) is 16.2. The summed E-state index contributed by atoms with van der Waals surface area (Å²) < 4.78 is 0. The average Bonchev–Trinajstić information content (AvgIpc) is 2.27. The number of nitrogens with one attached hydrogen (secondary N) is 1. The predicted molar refractivity (Wildman–Crippen MR) is 78.3 cm³/mol. The molecule has 0 aromatic heterocycles. The number of likely N-dealkylation sites (N-methyl/N-ethyl adjacent to an activating group) is 1. The molecular formula is C12H20ClN5. The van der Waals surface area contributed by atoms with Gasteiger partial charge >= 0.3 is 0 Å². The van der Waals surface area contributed by atoms with E-state index in [1.165, 1.54) is 11.1 Å². The molecule has 0 fully saturated rings. The van der Waals surface area contributed by atoms with E-state index in [0.29, 0.717) is 6.54 Å². The molecule has 6 heteroatoms. The first-order valence-electron chi connectivity index (χ1n) is 5.44. The Morgan fingerprint density at radius 1 is 1.28 bits per heavy atom. The van der Waals surface area contributed by atoms with Crippen molar-refractivity contribution in [2.45, 2.75) is 13.3 Å². The molecule has 0 bridgehead atoms. The van der Waals surface area contributed by atoms with Crippen molar-refractivity contribution in [1.82, 2.24) is 4.90 Å². The second-order valence-corrected chi connectivity index (χ2v) is 4.02. The van der Waals surface area contributed by atoms with Gasteiger partial charge in [-0.3, -0.25) is 5.41 Å². The average molecular weight is 270 g/mol. The summed E-state index contributed by atoms with van der Waals surface area (Å²) in [5.41, 5.74) is 12.9. The fraction of sp³-hybridized carbons (Fsp3) is 0.333. The number of benzene rings is 1. The van der Waals surface area contributed by atoms with Crippen LogP contribution < -0.4 is 11.5 Å². The van der Waals surface area contributed by atoms with Crippen LogP contribution in [0.3, 0.4) is 0 Å². The van der Waals surface area contributed by atoms with Crippen LogP contribution in [0.5, 0.6) is 0 Å². The fourth-order valence-corrected chi connectivity index (χ4v) is 1.37. The van der Waals surface area contributed by atoms with E-state index >= 15 is 0 Å². The Hall–Kier alpha value is -1.75. The SMILES string of the molecule is Cc1ccc(CCN(C)C(=N)N=C(N)N)cc1.Cl. The minimum Gasteiger partial charge on any atom is -0.370 e. The second-order valence-electron chi connectivity index (χ2n) is 4.02. The van der Waals surface area contributed by atoms with Crippen LogP contribution in [-0.2, 0) is 6.42 Å². The number of hydrogen-bond acceptors (Lipinski definition) is 1. The van der Waals surface area contributed by atoms with Gasteiger partial charge in [-0.25, -0.2) is 0 Å². The smallest absolute Gasteiger partial charge is 0.220 e. The van der Waals surface area contributed by atoms with Gasteiger partial charge in [-0.2, -0.15) is 4.99 Å². The summed E-state index contributed by atoms with van der Waals surface area (Å²) in [6.45, 7) is 2.77. The number of nitrogens with two attached hydrogens (primary N) is 2. The normalized spacial score (nSPS) is 9.22. The quantitative estimate of drug-likeness (QED) is 0.567. The van der Waals surface area contributed by atoms with Crippen LogP contribution in [0, 0.1) is 12.3 Å². The summed E-state index contributed by atoms with van der Waals surface area (Å²) >= 11 is 0. The highest BCUT2D eigenvalue weighted by molar-refractivity contribution is 5.91. The Balaban J connectivity index is 0.00000289. The Morgan fingerprint density at radius 2 is 1.83 bits per heavy atom. The van der Waals surface area contributed by atoms with Crippen LogP contribution in [0.1, 0.15) is 11.1 Å². The monoisotopic (exact) mass is 269 g/mol. The van der Waals surface area contributed by atoms with Gasteiger partial charge < -0.3 is 16.4 Å². The lowest BCUT2D eigenvalue weighted by Crippen LogP contribution is -2.31. The molecule has 0 atom stereocenters. The zero-order valence-electron chi connectivity index (χ0n) is 10.7. The second kappa shape index (κ2) is 7.55. The van der Waals surface area contributed by atoms with E-state index in [1.54, 1.807) is 11.9 Å². The third kappa shape index (κ3) is 5.54. The van der Waals surface area contributed by atoms with Crippen molar-refractivity contribution in [3.8, 4) is 0 Å². The lowest BCUT2D eigenvalue weighted by Gasteiger charge is -2.16. The van der Waals surface area contributed by atoms with E-state index in [-0.39, 0.29) is 24.3 Å². The molecule has 0 amide bonds. The number of rotatable bonds is 3. The van der Waals surface area contributed by atoms with Crippen LogP contribution in [0.2, 0.25) is 0 Å². The summed E-state index contributed by atoms with van der Waals surface area (Å²) in [5.74, 6) is -0.00528. The molecule has 0 aliphatic rings. The minimum absolute atomic E-state index is 0. The molecule has 5 nitrogen and oxygen atoms in total. The Morgan fingerprint density at radius 3 is 2.33 bits per heavy atom. The maximum atomic E-state index is 7.60. The van der Waals surface area contributed by atoms with Crippen LogP contribution in [-0.4, -0.2) is 30.4 Å². The molecule has 1 aromatic rings.